The van der Waals surface area contributed by atoms with Crippen molar-refractivity contribution < 1.29 is 17.7 Å². The standard InChI is InChI=1S/C19H19N3O4S/c1-2-12-27(24,25)22-16-10-8-15(9-11-16)20-19(23)17-13-18(26-21-17)14-6-4-3-5-7-14/h3-11,13,22H,2,12H2,1H3,(H,20,23). The molecule has 7 nitrogen and oxygen atoms in total. The van der Waals surface area contributed by atoms with E-state index in [0.717, 1.165) is 5.56 Å². The van der Waals surface area contributed by atoms with Crippen LogP contribution in [-0.4, -0.2) is 25.2 Å². The van der Waals surface area contributed by atoms with Gasteiger partial charge in [-0.2, -0.15) is 0 Å². The highest BCUT2D eigenvalue weighted by atomic mass is 32.2. The van der Waals surface area contributed by atoms with Crippen molar-refractivity contribution in [2.24, 2.45) is 0 Å². The number of rotatable bonds is 7. The van der Waals surface area contributed by atoms with E-state index in [-0.39, 0.29) is 11.4 Å². The second kappa shape index (κ2) is 8.05. The number of anilines is 2. The zero-order chi connectivity index (χ0) is 19.3. The van der Waals surface area contributed by atoms with Gasteiger partial charge in [-0.05, 0) is 30.7 Å². The Bertz CT molecular complexity index is 1010. The van der Waals surface area contributed by atoms with E-state index in [1.807, 2.05) is 30.3 Å². The molecule has 0 fully saturated rings. The van der Waals surface area contributed by atoms with Crippen LogP contribution < -0.4 is 10.0 Å². The summed E-state index contributed by atoms with van der Waals surface area (Å²) >= 11 is 0. The Morgan fingerprint density at radius 2 is 1.70 bits per heavy atom. The van der Waals surface area contributed by atoms with Crippen molar-refractivity contribution in [1.82, 2.24) is 5.16 Å². The molecule has 8 heteroatoms. The molecular formula is C19H19N3O4S. The number of nitrogens with zero attached hydrogens (tertiary/aromatic N) is 1. The SMILES string of the molecule is CCCS(=O)(=O)Nc1ccc(NC(=O)c2cc(-c3ccccc3)on2)cc1. The van der Waals surface area contributed by atoms with Crippen molar-refractivity contribution in [3.63, 3.8) is 0 Å². The van der Waals surface area contributed by atoms with Crippen LogP contribution in [0.4, 0.5) is 11.4 Å². The summed E-state index contributed by atoms with van der Waals surface area (Å²) in [4.78, 5) is 12.3. The summed E-state index contributed by atoms with van der Waals surface area (Å²) in [7, 11) is -3.35. The fraction of sp³-hybridized carbons (Fsp3) is 0.158. The van der Waals surface area contributed by atoms with Gasteiger partial charge in [-0.3, -0.25) is 9.52 Å². The maximum absolute atomic E-state index is 12.3. The van der Waals surface area contributed by atoms with Gasteiger partial charge in [0, 0.05) is 23.0 Å². The van der Waals surface area contributed by atoms with Gasteiger partial charge in [0.1, 0.15) is 0 Å². The molecule has 2 aromatic carbocycles. The predicted octanol–water partition coefficient (Wildman–Crippen LogP) is 3.75. The van der Waals surface area contributed by atoms with Crippen LogP contribution in [0.2, 0.25) is 0 Å². The molecule has 1 heterocycles. The molecule has 0 aliphatic rings. The van der Waals surface area contributed by atoms with Gasteiger partial charge in [-0.1, -0.05) is 42.4 Å². The first kappa shape index (κ1) is 18.7. The Morgan fingerprint density at radius 1 is 1.04 bits per heavy atom. The lowest BCUT2D eigenvalue weighted by Crippen LogP contribution is -2.16. The van der Waals surface area contributed by atoms with Gasteiger partial charge in [-0.15, -0.1) is 0 Å². The third-order valence-corrected chi connectivity index (χ3v) is 5.18. The van der Waals surface area contributed by atoms with Crippen molar-refractivity contribution >= 4 is 27.3 Å². The van der Waals surface area contributed by atoms with E-state index in [1.54, 1.807) is 37.3 Å². The Morgan fingerprint density at radius 3 is 2.37 bits per heavy atom. The van der Waals surface area contributed by atoms with Crippen LogP contribution in [0.15, 0.2) is 65.2 Å². The van der Waals surface area contributed by atoms with Crippen LogP contribution in [0.5, 0.6) is 0 Å². The van der Waals surface area contributed by atoms with Gasteiger partial charge in [0.25, 0.3) is 5.91 Å². The predicted molar refractivity (Wildman–Crippen MR) is 104 cm³/mol. The van der Waals surface area contributed by atoms with Crippen molar-refractivity contribution in [3.8, 4) is 11.3 Å². The molecule has 0 spiro atoms. The first-order valence-corrected chi connectivity index (χ1v) is 10.1. The van der Waals surface area contributed by atoms with Gasteiger partial charge in [0.05, 0.1) is 5.75 Å². The molecule has 0 aliphatic carbocycles. The first-order valence-electron chi connectivity index (χ1n) is 8.41. The molecule has 0 aliphatic heterocycles. The molecule has 0 saturated heterocycles. The lowest BCUT2D eigenvalue weighted by Gasteiger charge is -2.08. The summed E-state index contributed by atoms with van der Waals surface area (Å²) in [6, 6.07) is 17.3. The first-order chi connectivity index (χ1) is 13.0. The average Bonchev–Trinajstić information content (AvgIpc) is 3.14. The monoisotopic (exact) mass is 385 g/mol. The zero-order valence-corrected chi connectivity index (χ0v) is 15.5. The van der Waals surface area contributed by atoms with E-state index in [9.17, 15) is 13.2 Å². The highest BCUT2D eigenvalue weighted by Gasteiger charge is 2.14. The van der Waals surface area contributed by atoms with Crippen molar-refractivity contribution in [3.05, 3.63) is 66.4 Å². The second-order valence-electron chi connectivity index (χ2n) is 5.89. The van der Waals surface area contributed by atoms with Crippen LogP contribution in [0.1, 0.15) is 23.8 Å². The van der Waals surface area contributed by atoms with Crippen molar-refractivity contribution in [2.75, 3.05) is 15.8 Å². The highest BCUT2D eigenvalue weighted by molar-refractivity contribution is 7.92. The van der Waals surface area contributed by atoms with E-state index in [4.69, 9.17) is 4.52 Å². The van der Waals surface area contributed by atoms with Crippen molar-refractivity contribution in [1.29, 1.82) is 0 Å². The number of amides is 1. The average molecular weight is 385 g/mol. The van der Waals surface area contributed by atoms with Crippen molar-refractivity contribution in [2.45, 2.75) is 13.3 Å². The summed E-state index contributed by atoms with van der Waals surface area (Å²) in [6.07, 6.45) is 0.534. The maximum atomic E-state index is 12.3. The number of carbonyl (C=O) groups is 1. The lowest BCUT2D eigenvalue weighted by atomic mass is 10.1. The molecule has 2 N–H and O–H groups in total. The number of sulfonamides is 1. The van der Waals surface area contributed by atoms with Gasteiger partial charge in [-0.25, -0.2) is 8.42 Å². The lowest BCUT2D eigenvalue weighted by molar-refractivity contribution is 0.101. The number of hydrogen-bond donors (Lipinski definition) is 2. The maximum Gasteiger partial charge on any atom is 0.277 e. The Labute approximate surface area is 157 Å². The molecule has 0 radical (unpaired) electrons. The van der Waals surface area contributed by atoms with E-state index in [1.165, 1.54) is 0 Å². The minimum absolute atomic E-state index is 0.0569. The van der Waals surface area contributed by atoms with Gasteiger partial charge < -0.3 is 9.84 Å². The molecular weight excluding hydrogens is 366 g/mol. The second-order valence-corrected chi connectivity index (χ2v) is 7.74. The summed E-state index contributed by atoms with van der Waals surface area (Å²) < 4.78 is 31.2. The third kappa shape index (κ3) is 4.95. The van der Waals surface area contributed by atoms with E-state index in [2.05, 4.69) is 15.2 Å². The molecule has 0 saturated carbocycles. The number of nitrogens with one attached hydrogen (secondary N) is 2. The van der Waals surface area contributed by atoms with Crippen LogP contribution in [0.3, 0.4) is 0 Å². The van der Waals surface area contributed by atoms with Crippen LogP contribution in [0.25, 0.3) is 11.3 Å². The summed E-state index contributed by atoms with van der Waals surface area (Å²) in [6.45, 7) is 1.80. The molecule has 0 unspecified atom stereocenters. The topological polar surface area (TPSA) is 101 Å². The normalized spacial score (nSPS) is 11.1. The minimum atomic E-state index is -3.35. The molecule has 1 amide bonds. The molecule has 3 aromatic rings. The Balaban J connectivity index is 1.65. The largest absolute Gasteiger partial charge is 0.355 e. The fourth-order valence-electron chi connectivity index (χ4n) is 2.44. The minimum Gasteiger partial charge on any atom is -0.355 e. The number of hydrogen-bond acceptors (Lipinski definition) is 5. The van der Waals surface area contributed by atoms with Crippen LogP contribution >= 0.6 is 0 Å². The number of carbonyl (C=O) groups excluding carboxylic acids is 1. The van der Waals surface area contributed by atoms with E-state index >= 15 is 0 Å². The van der Waals surface area contributed by atoms with Crippen LogP contribution in [0, 0.1) is 0 Å². The summed E-state index contributed by atoms with van der Waals surface area (Å²) in [5, 5.41) is 6.50. The third-order valence-electron chi connectivity index (χ3n) is 3.69. The number of benzene rings is 2. The van der Waals surface area contributed by atoms with Gasteiger partial charge >= 0.3 is 0 Å². The highest BCUT2D eigenvalue weighted by Crippen LogP contribution is 2.21. The Hall–Kier alpha value is -3.13. The molecule has 1 aromatic heterocycles. The quantitative estimate of drug-likeness (QED) is 0.645. The molecule has 0 atom stereocenters. The van der Waals surface area contributed by atoms with E-state index < -0.39 is 15.9 Å². The molecule has 3 rings (SSSR count). The molecule has 0 bridgehead atoms. The van der Waals surface area contributed by atoms with Gasteiger partial charge in [0.2, 0.25) is 10.0 Å². The summed E-state index contributed by atoms with van der Waals surface area (Å²) in [5.74, 6) is 0.142. The fourth-order valence-corrected chi connectivity index (χ4v) is 3.57. The van der Waals surface area contributed by atoms with Gasteiger partial charge in [0.15, 0.2) is 11.5 Å². The number of aromatic nitrogens is 1. The summed E-state index contributed by atoms with van der Waals surface area (Å²) in [5.41, 5.74) is 1.94. The smallest absolute Gasteiger partial charge is 0.277 e. The Kier molecular flexibility index (Phi) is 5.56. The molecule has 27 heavy (non-hydrogen) atoms. The zero-order valence-electron chi connectivity index (χ0n) is 14.7. The van der Waals surface area contributed by atoms with E-state index in [0.29, 0.717) is 23.6 Å². The molecule has 140 valence electrons. The van der Waals surface area contributed by atoms with Crippen LogP contribution in [-0.2, 0) is 10.0 Å².